The van der Waals surface area contributed by atoms with Crippen molar-refractivity contribution in [3.8, 4) is 0 Å². The first-order valence-electron chi connectivity index (χ1n) is 8.31. The molecule has 4 heteroatoms. The topological polar surface area (TPSA) is 44.0 Å². The van der Waals surface area contributed by atoms with E-state index in [1.54, 1.807) is 6.20 Å². The third kappa shape index (κ3) is 3.96. The van der Waals surface area contributed by atoms with E-state index in [0.717, 1.165) is 24.8 Å². The Morgan fingerprint density at radius 1 is 1.27 bits per heavy atom. The number of H-pyrrole nitrogens is 1. The van der Waals surface area contributed by atoms with Gasteiger partial charge >= 0.3 is 0 Å². The molecule has 1 fully saturated rings. The van der Waals surface area contributed by atoms with Crippen molar-refractivity contribution in [2.45, 2.75) is 32.4 Å². The van der Waals surface area contributed by atoms with Crippen LogP contribution in [0.25, 0.3) is 0 Å². The highest BCUT2D eigenvalue weighted by Gasteiger charge is 2.24. The van der Waals surface area contributed by atoms with E-state index in [0.29, 0.717) is 6.04 Å². The number of piperidine rings is 1. The van der Waals surface area contributed by atoms with E-state index in [9.17, 15) is 0 Å². The molecule has 1 aromatic carbocycles. The van der Waals surface area contributed by atoms with Gasteiger partial charge in [-0.2, -0.15) is 0 Å². The fraction of sp³-hybridized carbons (Fsp3) is 0.500. The van der Waals surface area contributed by atoms with Crippen molar-refractivity contribution in [3.63, 3.8) is 0 Å². The molecule has 118 valence electrons. The highest BCUT2D eigenvalue weighted by molar-refractivity contribution is 5.19. The van der Waals surface area contributed by atoms with Crippen molar-refractivity contribution < 1.29 is 0 Å². The summed E-state index contributed by atoms with van der Waals surface area (Å²) in [6.07, 6.45) is 6.29. The van der Waals surface area contributed by atoms with Gasteiger partial charge in [-0.15, -0.1) is 0 Å². The van der Waals surface area contributed by atoms with Crippen molar-refractivity contribution >= 4 is 0 Å². The molecule has 3 rings (SSSR count). The molecule has 2 N–H and O–H groups in total. The molecule has 1 aliphatic rings. The maximum absolute atomic E-state index is 4.28. The Hall–Kier alpha value is -1.65. The second-order valence-electron chi connectivity index (χ2n) is 6.31. The van der Waals surface area contributed by atoms with Crippen molar-refractivity contribution in [1.29, 1.82) is 0 Å². The molecule has 0 aliphatic carbocycles. The number of rotatable bonds is 6. The van der Waals surface area contributed by atoms with Crippen molar-refractivity contribution in [2.75, 3.05) is 19.6 Å². The van der Waals surface area contributed by atoms with Crippen molar-refractivity contribution in [1.82, 2.24) is 20.2 Å². The Morgan fingerprint density at radius 3 is 2.73 bits per heavy atom. The number of nitrogens with one attached hydrogen (secondary N) is 2. The summed E-state index contributed by atoms with van der Waals surface area (Å²) in [6, 6.07) is 11.3. The summed E-state index contributed by atoms with van der Waals surface area (Å²) in [4.78, 5) is 10.1. The van der Waals surface area contributed by atoms with Gasteiger partial charge in [0.1, 0.15) is 5.82 Å². The van der Waals surface area contributed by atoms with Crippen LogP contribution >= 0.6 is 0 Å². The molecule has 1 aliphatic heterocycles. The summed E-state index contributed by atoms with van der Waals surface area (Å²) in [7, 11) is 0. The lowest BCUT2D eigenvalue weighted by Gasteiger charge is -2.37. The third-order valence-electron chi connectivity index (χ3n) is 4.63. The van der Waals surface area contributed by atoms with Gasteiger partial charge in [0.25, 0.3) is 0 Å². The molecule has 0 radical (unpaired) electrons. The summed E-state index contributed by atoms with van der Waals surface area (Å²) >= 11 is 0. The highest BCUT2D eigenvalue weighted by atomic mass is 15.2. The first-order valence-corrected chi connectivity index (χ1v) is 8.31. The zero-order chi connectivity index (χ0) is 15.2. The van der Waals surface area contributed by atoms with Crippen molar-refractivity contribution in [3.05, 3.63) is 54.1 Å². The summed E-state index contributed by atoms with van der Waals surface area (Å²) in [5.41, 5.74) is 1.41. The Morgan fingerprint density at radius 2 is 2.05 bits per heavy atom. The number of nitrogens with zero attached hydrogens (tertiary/aromatic N) is 2. The summed E-state index contributed by atoms with van der Waals surface area (Å²) in [6.45, 7) is 6.51. The van der Waals surface area contributed by atoms with Crippen LogP contribution in [-0.2, 0) is 6.54 Å². The van der Waals surface area contributed by atoms with E-state index < -0.39 is 0 Å². The largest absolute Gasteiger partial charge is 0.348 e. The molecule has 0 spiro atoms. The van der Waals surface area contributed by atoms with Crippen LogP contribution in [0, 0.1) is 5.92 Å². The third-order valence-corrected chi connectivity index (χ3v) is 4.63. The van der Waals surface area contributed by atoms with Crippen molar-refractivity contribution in [2.24, 2.45) is 5.92 Å². The second-order valence-corrected chi connectivity index (χ2v) is 6.31. The minimum absolute atomic E-state index is 0.448. The predicted octanol–water partition coefficient (Wildman–Crippen LogP) is 2.97. The summed E-state index contributed by atoms with van der Waals surface area (Å²) in [5, 5.41) is 3.56. The standard InChI is InChI=1S/C18H26N4/c1-15-7-11-22(12-8-15)17(16-5-3-2-4-6-16)13-19-14-18-20-9-10-21-18/h2-6,9-10,15,17,19H,7-8,11-14H2,1H3,(H,20,21). The molecule has 0 amide bonds. The van der Waals surface area contributed by atoms with Crippen LogP contribution < -0.4 is 5.32 Å². The summed E-state index contributed by atoms with van der Waals surface area (Å²) in [5.74, 6) is 1.86. The van der Waals surface area contributed by atoms with Gasteiger partial charge < -0.3 is 10.3 Å². The highest BCUT2D eigenvalue weighted by Crippen LogP contribution is 2.26. The van der Waals surface area contributed by atoms with Crippen LogP contribution in [-0.4, -0.2) is 34.5 Å². The number of aromatic amines is 1. The lowest BCUT2D eigenvalue weighted by Crippen LogP contribution is -2.40. The van der Waals surface area contributed by atoms with E-state index in [2.05, 4.69) is 57.4 Å². The first kappa shape index (κ1) is 15.3. The quantitative estimate of drug-likeness (QED) is 0.861. The van der Waals surface area contributed by atoms with Crippen LogP contribution in [0.5, 0.6) is 0 Å². The molecular weight excluding hydrogens is 272 g/mol. The maximum atomic E-state index is 4.28. The average Bonchev–Trinajstić information content (AvgIpc) is 3.07. The molecule has 0 bridgehead atoms. The zero-order valence-electron chi connectivity index (χ0n) is 13.3. The fourth-order valence-corrected chi connectivity index (χ4v) is 3.20. The van der Waals surface area contributed by atoms with Gasteiger partial charge in [0.2, 0.25) is 0 Å². The number of likely N-dealkylation sites (tertiary alicyclic amines) is 1. The number of hydrogen-bond donors (Lipinski definition) is 2. The Bertz CT molecular complexity index is 529. The molecule has 1 unspecified atom stereocenters. The normalized spacial score (nSPS) is 18.4. The molecule has 1 aromatic heterocycles. The minimum atomic E-state index is 0.448. The predicted molar refractivity (Wildman–Crippen MR) is 89.4 cm³/mol. The van der Waals surface area contributed by atoms with E-state index in [-0.39, 0.29) is 0 Å². The monoisotopic (exact) mass is 298 g/mol. The number of imidazole rings is 1. The lowest BCUT2D eigenvalue weighted by atomic mass is 9.95. The van der Waals surface area contributed by atoms with Gasteiger partial charge in [-0.3, -0.25) is 4.90 Å². The second kappa shape index (κ2) is 7.56. The number of hydrogen-bond acceptors (Lipinski definition) is 3. The smallest absolute Gasteiger partial charge is 0.120 e. The van der Waals surface area contributed by atoms with Crippen LogP contribution in [0.3, 0.4) is 0 Å². The maximum Gasteiger partial charge on any atom is 0.120 e. The molecule has 22 heavy (non-hydrogen) atoms. The minimum Gasteiger partial charge on any atom is -0.348 e. The van der Waals surface area contributed by atoms with Crippen LogP contribution in [0.1, 0.15) is 37.2 Å². The van der Waals surface area contributed by atoms with Gasteiger partial charge in [-0.25, -0.2) is 4.98 Å². The van der Waals surface area contributed by atoms with Gasteiger partial charge in [-0.1, -0.05) is 37.3 Å². The van der Waals surface area contributed by atoms with E-state index >= 15 is 0 Å². The Labute approximate surface area is 133 Å². The molecule has 4 nitrogen and oxygen atoms in total. The van der Waals surface area contributed by atoms with Crippen LogP contribution in [0.2, 0.25) is 0 Å². The fourth-order valence-electron chi connectivity index (χ4n) is 3.20. The number of benzene rings is 1. The average molecular weight is 298 g/mol. The SMILES string of the molecule is CC1CCN(C(CNCc2ncc[nH]2)c2ccccc2)CC1. The Kier molecular flexibility index (Phi) is 5.24. The van der Waals surface area contributed by atoms with Crippen LogP contribution in [0.4, 0.5) is 0 Å². The lowest BCUT2D eigenvalue weighted by molar-refractivity contribution is 0.135. The molecule has 1 atom stereocenters. The van der Waals surface area contributed by atoms with Crippen LogP contribution in [0.15, 0.2) is 42.7 Å². The zero-order valence-corrected chi connectivity index (χ0v) is 13.3. The molecule has 2 heterocycles. The van der Waals surface area contributed by atoms with Gasteiger partial charge in [-0.05, 0) is 37.4 Å². The molecular formula is C18H26N4. The first-order chi connectivity index (χ1) is 10.8. The Balaban J connectivity index is 1.63. The van der Waals surface area contributed by atoms with Gasteiger partial charge in [0.05, 0.1) is 6.54 Å². The van der Waals surface area contributed by atoms with E-state index in [1.165, 1.54) is 31.5 Å². The van der Waals surface area contributed by atoms with E-state index in [1.807, 2.05) is 6.20 Å². The number of aromatic nitrogens is 2. The summed E-state index contributed by atoms with van der Waals surface area (Å²) < 4.78 is 0. The molecule has 1 saturated heterocycles. The molecule has 2 aromatic rings. The van der Waals surface area contributed by atoms with Gasteiger partial charge in [0, 0.05) is 25.0 Å². The van der Waals surface area contributed by atoms with Gasteiger partial charge in [0.15, 0.2) is 0 Å². The molecule has 0 saturated carbocycles. The van der Waals surface area contributed by atoms with E-state index in [4.69, 9.17) is 0 Å².